The van der Waals surface area contributed by atoms with Crippen molar-refractivity contribution in [1.82, 2.24) is 16.2 Å². The lowest BCUT2D eigenvalue weighted by molar-refractivity contribution is -0.149. The zero-order valence-electron chi connectivity index (χ0n) is 19.5. The van der Waals surface area contributed by atoms with E-state index in [2.05, 4.69) is 16.2 Å². The van der Waals surface area contributed by atoms with Gasteiger partial charge in [0.25, 0.3) is 11.8 Å². The first kappa shape index (κ1) is 23.5. The van der Waals surface area contributed by atoms with Crippen LogP contribution < -0.4 is 20.9 Å². The molecule has 4 aliphatic rings. The molecule has 3 amide bonds. The Bertz CT molecular complexity index is 883. The van der Waals surface area contributed by atoms with Gasteiger partial charge < -0.3 is 10.1 Å². The van der Waals surface area contributed by atoms with Crippen molar-refractivity contribution < 1.29 is 23.5 Å². The summed E-state index contributed by atoms with van der Waals surface area (Å²) in [5, 5.41) is 2.99. The number of hydrazine groups is 1. The van der Waals surface area contributed by atoms with E-state index in [9.17, 15) is 18.8 Å². The van der Waals surface area contributed by atoms with Gasteiger partial charge in [-0.3, -0.25) is 25.2 Å². The summed E-state index contributed by atoms with van der Waals surface area (Å²) in [7, 11) is 0. The third-order valence-electron chi connectivity index (χ3n) is 7.57. The average Bonchev–Trinajstić information content (AvgIpc) is 2.75. The summed E-state index contributed by atoms with van der Waals surface area (Å²) in [6, 6.07) is 5.02. The van der Waals surface area contributed by atoms with E-state index in [1.165, 1.54) is 44.4 Å². The van der Waals surface area contributed by atoms with Gasteiger partial charge in [0.1, 0.15) is 6.04 Å². The lowest BCUT2D eigenvalue weighted by Crippen LogP contribution is -2.60. The number of halogens is 1. The number of ether oxygens (including phenoxy) is 1. The number of benzene rings is 1. The Balaban J connectivity index is 1.32. The smallest absolute Gasteiger partial charge is 0.279 e. The number of amides is 3. The molecule has 4 aliphatic carbocycles. The molecule has 0 radical (unpaired) electrons. The second-order valence-electron chi connectivity index (χ2n) is 10.6. The molecule has 0 heterocycles. The van der Waals surface area contributed by atoms with Gasteiger partial charge in [-0.1, -0.05) is 26.0 Å². The van der Waals surface area contributed by atoms with Gasteiger partial charge in [0, 0.05) is 5.41 Å². The molecule has 0 spiro atoms. The molecule has 0 aliphatic heterocycles. The summed E-state index contributed by atoms with van der Waals surface area (Å²) in [5.41, 5.74) is 4.37. The van der Waals surface area contributed by atoms with Gasteiger partial charge in [0.15, 0.2) is 17.7 Å². The maximum atomic E-state index is 13.7. The largest absolute Gasteiger partial charge is 0.478 e. The summed E-state index contributed by atoms with van der Waals surface area (Å²) in [5.74, 6) is -0.0422. The van der Waals surface area contributed by atoms with Gasteiger partial charge in [-0.2, -0.15) is 0 Å². The molecular formula is C25H34FN3O4. The number of hydrogen-bond acceptors (Lipinski definition) is 4. The van der Waals surface area contributed by atoms with Crippen LogP contribution in [0.4, 0.5) is 4.39 Å². The highest BCUT2D eigenvalue weighted by Crippen LogP contribution is 2.60. The molecule has 4 fully saturated rings. The van der Waals surface area contributed by atoms with E-state index in [0.29, 0.717) is 17.8 Å². The number of carbonyl (C=O) groups is 3. The van der Waals surface area contributed by atoms with Gasteiger partial charge in [0.05, 0.1) is 0 Å². The first-order chi connectivity index (χ1) is 15.7. The monoisotopic (exact) mass is 459 g/mol. The highest BCUT2D eigenvalue weighted by Gasteiger charge is 2.55. The average molecular weight is 460 g/mol. The van der Waals surface area contributed by atoms with Gasteiger partial charge in [-0.15, -0.1) is 0 Å². The Kier molecular flexibility index (Phi) is 6.64. The first-order valence-corrected chi connectivity index (χ1v) is 12.0. The van der Waals surface area contributed by atoms with E-state index in [1.54, 1.807) is 6.07 Å². The van der Waals surface area contributed by atoms with E-state index < -0.39 is 29.8 Å². The fraction of sp³-hybridized carbons (Fsp3) is 0.640. The van der Waals surface area contributed by atoms with Crippen LogP contribution in [0.3, 0.4) is 0 Å². The van der Waals surface area contributed by atoms with Crippen molar-refractivity contribution in [2.75, 3.05) is 0 Å². The van der Waals surface area contributed by atoms with E-state index >= 15 is 0 Å². The van der Waals surface area contributed by atoms with Gasteiger partial charge in [-0.25, -0.2) is 4.39 Å². The maximum absolute atomic E-state index is 13.7. The maximum Gasteiger partial charge on any atom is 0.279 e. The minimum Gasteiger partial charge on any atom is -0.478 e. The topological polar surface area (TPSA) is 96.5 Å². The van der Waals surface area contributed by atoms with E-state index in [-0.39, 0.29) is 23.0 Å². The lowest BCUT2D eigenvalue weighted by Gasteiger charge is -2.55. The van der Waals surface area contributed by atoms with Crippen molar-refractivity contribution in [2.45, 2.75) is 71.4 Å². The molecule has 0 aromatic heterocycles. The Morgan fingerprint density at radius 3 is 2.03 bits per heavy atom. The third-order valence-corrected chi connectivity index (χ3v) is 7.57. The van der Waals surface area contributed by atoms with Gasteiger partial charge in [-0.05, 0) is 81.3 Å². The minimum absolute atomic E-state index is 0.0296. The molecule has 5 rings (SSSR count). The molecule has 1 aromatic rings. The van der Waals surface area contributed by atoms with Crippen LogP contribution in [0.2, 0.25) is 0 Å². The predicted octanol–water partition coefficient (Wildman–Crippen LogP) is 3.10. The molecule has 1 aromatic carbocycles. The Labute approximate surface area is 194 Å². The second-order valence-corrected chi connectivity index (χ2v) is 10.6. The number of carbonyl (C=O) groups excluding carboxylic acids is 3. The van der Waals surface area contributed by atoms with Crippen LogP contribution in [0.15, 0.2) is 24.3 Å². The van der Waals surface area contributed by atoms with Crippen LogP contribution in [0, 0.1) is 34.9 Å². The Morgan fingerprint density at radius 1 is 0.939 bits per heavy atom. The van der Waals surface area contributed by atoms with Crippen LogP contribution in [-0.2, 0) is 14.4 Å². The fourth-order valence-electron chi connectivity index (χ4n) is 6.30. The minimum atomic E-state index is -1.03. The number of nitrogens with one attached hydrogen (secondary N) is 3. The van der Waals surface area contributed by atoms with E-state index in [1.807, 2.05) is 13.8 Å². The molecule has 7 nitrogen and oxygen atoms in total. The normalized spacial score (nSPS) is 29.3. The van der Waals surface area contributed by atoms with Crippen molar-refractivity contribution in [3.8, 4) is 5.75 Å². The van der Waals surface area contributed by atoms with Crippen LogP contribution >= 0.6 is 0 Å². The van der Waals surface area contributed by atoms with Crippen LogP contribution in [0.1, 0.15) is 59.3 Å². The standard InChI is InChI=1S/C25H34FN3O4/c1-14(2)21(27-24(32)25-11-16-8-17(12-25)10-18(9-16)13-25)23(31)29-28-22(30)15(3)33-20-7-5-4-6-19(20)26/h4-7,14-18,21H,8-13H2,1-3H3,(H,27,32)(H,28,30)(H,29,31). The molecule has 4 bridgehead atoms. The zero-order chi connectivity index (χ0) is 23.8. The predicted molar refractivity (Wildman–Crippen MR) is 120 cm³/mol. The SMILES string of the molecule is CC(Oc1ccccc1F)C(=O)NNC(=O)C(NC(=O)C12CC3CC(CC(C3)C1)C2)C(C)C. The number of para-hydroxylation sites is 1. The van der Waals surface area contributed by atoms with Gasteiger partial charge in [0.2, 0.25) is 5.91 Å². The highest BCUT2D eigenvalue weighted by atomic mass is 19.1. The van der Waals surface area contributed by atoms with Crippen LogP contribution in [0.25, 0.3) is 0 Å². The van der Waals surface area contributed by atoms with Crippen molar-refractivity contribution in [3.63, 3.8) is 0 Å². The summed E-state index contributed by atoms with van der Waals surface area (Å²) < 4.78 is 19.1. The van der Waals surface area contributed by atoms with Crippen molar-refractivity contribution in [3.05, 3.63) is 30.1 Å². The molecule has 2 unspecified atom stereocenters. The van der Waals surface area contributed by atoms with E-state index in [0.717, 1.165) is 19.3 Å². The zero-order valence-corrected chi connectivity index (χ0v) is 19.5. The molecule has 3 N–H and O–H groups in total. The lowest BCUT2D eigenvalue weighted by atomic mass is 9.49. The molecule has 180 valence electrons. The Morgan fingerprint density at radius 2 is 1.48 bits per heavy atom. The van der Waals surface area contributed by atoms with Gasteiger partial charge >= 0.3 is 0 Å². The highest BCUT2D eigenvalue weighted by molar-refractivity contribution is 5.92. The molecule has 4 saturated carbocycles. The second kappa shape index (κ2) is 9.31. The summed E-state index contributed by atoms with van der Waals surface area (Å²) in [4.78, 5) is 38.6. The van der Waals surface area contributed by atoms with Crippen LogP contribution in [-0.4, -0.2) is 29.9 Å². The van der Waals surface area contributed by atoms with Crippen molar-refractivity contribution in [2.24, 2.45) is 29.1 Å². The quantitative estimate of drug-likeness (QED) is 0.546. The molecule has 33 heavy (non-hydrogen) atoms. The summed E-state index contributed by atoms with van der Waals surface area (Å²) in [6.07, 6.45) is 5.43. The molecule has 0 saturated heterocycles. The van der Waals surface area contributed by atoms with Crippen molar-refractivity contribution in [1.29, 1.82) is 0 Å². The molecule has 2 atom stereocenters. The number of hydrogen-bond donors (Lipinski definition) is 3. The summed E-state index contributed by atoms with van der Waals surface area (Å²) >= 11 is 0. The molecule has 8 heteroatoms. The fourth-order valence-corrected chi connectivity index (χ4v) is 6.30. The third kappa shape index (κ3) is 4.99. The van der Waals surface area contributed by atoms with Crippen molar-refractivity contribution >= 4 is 17.7 Å². The first-order valence-electron chi connectivity index (χ1n) is 12.0. The molecular weight excluding hydrogens is 425 g/mol. The Hall–Kier alpha value is -2.64. The van der Waals surface area contributed by atoms with Crippen LogP contribution in [0.5, 0.6) is 5.75 Å². The summed E-state index contributed by atoms with van der Waals surface area (Å²) in [6.45, 7) is 5.18. The number of rotatable bonds is 7. The van der Waals surface area contributed by atoms with E-state index in [4.69, 9.17) is 4.74 Å².